The molecule has 0 saturated carbocycles. The van der Waals surface area contributed by atoms with Crippen LogP contribution in [0.15, 0.2) is 59.1 Å². The number of rotatable bonds is 8. The molecule has 2 atom stereocenters. The van der Waals surface area contributed by atoms with Crippen LogP contribution in [0.5, 0.6) is 11.5 Å². The highest BCUT2D eigenvalue weighted by molar-refractivity contribution is 8.03. The number of allylic oxidation sites excluding steroid dienone is 1. The van der Waals surface area contributed by atoms with E-state index in [4.69, 9.17) is 14.2 Å². The van der Waals surface area contributed by atoms with Crippen LogP contribution in [0.2, 0.25) is 0 Å². The number of amides is 2. The molecule has 2 amide bonds. The molecule has 3 rings (SSSR count). The predicted octanol–water partition coefficient (Wildman–Crippen LogP) is 2.81. The zero-order valence-electron chi connectivity index (χ0n) is 18.8. The van der Waals surface area contributed by atoms with Gasteiger partial charge in [0.15, 0.2) is 0 Å². The molecule has 0 fully saturated rings. The first-order chi connectivity index (χ1) is 16.4. The van der Waals surface area contributed by atoms with Crippen molar-refractivity contribution in [1.82, 2.24) is 5.32 Å². The van der Waals surface area contributed by atoms with Crippen molar-refractivity contribution in [2.24, 2.45) is 5.92 Å². The maximum Gasteiger partial charge on any atom is 0.319 e. The average molecular weight is 482 g/mol. The Balaban J connectivity index is 1.89. The molecule has 1 heterocycles. The van der Waals surface area contributed by atoms with Gasteiger partial charge in [0.1, 0.15) is 17.4 Å². The van der Waals surface area contributed by atoms with Crippen molar-refractivity contribution < 1.29 is 28.6 Å². The maximum absolute atomic E-state index is 12.9. The lowest BCUT2D eigenvalue weighted by molar-refractivity contribution is -0.150. The molecule has 0 bridgehead atoms. The molecule has 0 unspecified atom stereocenters. The largest absolute Gasteiger partial charge is 0.497 e. The Morgan fingerprint density at radius 3 is 2.41 bits per heavy atom. The summed E-state index contributed by atoms with van der Waals surface area (Å²) < 4.78 is 15.3. The van der Waals surface area contributed by atoms with Gasteiger partial charge in [-0.2, -0.15) is 5.26 Å². The summed E-state index contributed by atoms with van der Waals surface area (Å²) in [6, 6.07) is 15.8. The topological polar surface area (TPSA) is 127 Å². The summed E-state index contributed by atoms with van der Waals surface area (Å²) in [6.45, 7) is 0. The lowest BCUT2D eigenvalue weighted by Crippen LogP contribution is -2.44. The number of ether oxygens (including phenoxy) is 3. The van der Waals surface area contributed by atoms with Crippen molar-refractivity contribution in [2.75, 3.05) is 32.4 Å². The van der Waals surface area contributed by atoms with E-state index in [9.17, 15) is 19.6 Å². The van der Waals surface area contributed by atoms with E-state index in [1.807, 2.05) is 0 Å². The Kier molecular flexibility index (Phi) is 8.16. The zero-order chi connectivity index (χ0) is 24.7. The van der Waals surface area contributed by atoms with Crippen molar-refractivity contribution in [3.8, 4) is 17.6 Å². The number of esters is 1. The highest BCUT2D eigenvalue weighted by atomic mass is 32.2. The fourth-order valence-corrected chi connectivity index (χ4v) is 4.44. The summed E-state index contributed by atoms with van der Waals surface area (Å²) in [4.78, 5) is 37.9. The molecule has 176 valence electrons. The Hall–Kier alpha value is -3.97. The van der Waals surface area contributed by atoms with Gasteiger partial charge < -0.3 is 24.8 Å². The highest BCUT2D eigenvalue weighted by Gasteiger charge is 2.45. The van der Waals surface area contributed by atoms with Gasteiger partial charge in [0, 0.05) is 17.2 Å². The minimum atomic E-state index is -1.28. The third-order valence-corrected chi connectivity index (χ3v) is 6.20. The normalized spacial score (nSPS) is 17.3. The first-order valence-corrected chi connectivity index (χ1v) is 11.1. The first kappa shape index (κ1) is 24.7. The van der Waals surface area contributed by atoms with Crippen molar-refractivity contribution >= 4 is 35.2 Å². The number of carbonyl (C=O) groups is 3. The van der Waals surface area contributed by atoms with Crippen molar-refractivity contribution in [3.05, 3.63) is 64.7 Å². The van der Waals surface area contributed by atoms with Crippen molar-refractivity contribution in [2.45, 2.75) is 5.92 Å². The molecule has 2 aromatic carbocycles. The molecule has 34 heavy (non-hydrogen) atoms. The van der Waals surface area contributed by atoms with Crippen LogP contribution in [0.25, 0.3) is 0 Å². The van der Waals surface area contributed by atoms with Crippen LogP contribution in [0.4, 0.5) is 5.69 Å². The summed E-state index contributed by atoms with van der Waals surface area (Å²) >= 11 is 0.998. The number of nitrogens with zero attached hydrogens (tertiary/aromatic N) is 1. The molecule has 0 radical (unpaired) electrons. The Morgan fingerprint density at radius 1 is 1.09 bits per heavy atom. The molecule has 1 aliphatic rings. The number of anilines is 1. The molecule has 0 spiro atoms. The summed E-state index contributed by atoms with van der Waals surface area (Å²) in [6.07, 6.45) is 0. The van der Waals surface area contributed by atoms with E-state index in [2.05, 4.69) is 16.7 Å². The molecule has 9 nitrogen and oxygen atoms in total. The van der Waals surface area contributed by atoms with Crippen LogP contribution in [0.3, 0.4) is 0 Å². The minimum Gasteiger partial charge on any atom is -0.497 e. The lowest BCUT2D eigenvalue weighted by Gasteiger charge is -2.31. The zero-order valence-corrected chi connectivity index (χ0v) is 19.6. The van der Waals surface area contributed by atoms with Crippen LogP contribution >= 0.6 is 11.8 Å². The minimum absolute atomic E-state index is 0.0750. The standard InChI is InChI=1S/C24H23N3O6S/c1-31-15-10-8-14(9-11-15)26-19(28)13-34-23-17(12-25)20(16-6-4-5-7-18(16)32-2)21(22(29)27-23)24(30)33-3/h4-11,20-21H,13H2,1-3H3,(H,26,28)(H,27,29)/t20-,21+/m0/s1. The molecular formula is C24H23N3O6S. The van der Waals surface area contributed by atoms with Gasteiger partial charge in [-0.15, -0.1) is 0 Å². The van der Waals surface area contributed by atoms with Crippen molar-refractivity contribution in [3.63, 3.8) is 0 Å². The van der Waals surface area contributed by atoms with Gasteiger partial charge in [-0.3, -0.25) is 14.4 Å². The van der Waals surface area contributed by atoms with Gasteiger partial charge in [0.05, 0.1) is 43.8 Å². The van der Waals surface area contributed by atoms with E-state index in [0.29, 0.717) is 22.7 Å². The van der Waals surface area contributed by atoms with Crippen LogP contribution in [-0.4, -0.2) is 44.9 Å². The summed E-state index contributed by atoms with van der Waals surface area (Å²) in [5.41, 5.74) is 1.21. The van der Waals surface area contributed by atoms with Crippen molar-refractivity contribution in [1.29, 1.82) is 5.26 Å². The molecule has 0 aliphatic carbocycles. The van der Waals surface area contributed by atoms with Gasteiger partial charge in [-0.1, -0.05) is 30.0 Å². The van der Waals surface area contributed by atoms with Crippen LogP contribution in [0, 0.1) is 17.2 Å². The second kappa shape index (κ2) is 11.2. The van der Waals surface area contributed by atoms with E-state index in [-0.39, 0.29) is 22.3 Å². The van der Waals surface area contributed by atoms with E-state index in [1.165, 1.54) is 14.2 Å². The number of hydrogen-bond donors (Lipinski definition) is 2. The predicted molar refractivity (Wildman–Crippen MR) is 126 cm³/mol. The molecular weight excluding hydrogens is 458 g/mol. The van der Waals surface area contributed by atoms with Gasteiger partial charge in [-0.25, -0.2) is 0 Å². The van der Waals surface area contributed by atoms with Gasteiger partial charge in [-0.05, 0) is 30.3 Å². The first-order valence-electron chi connectivity index (χ1n) is 10.2. The number of nitrogens with one attached hydrogen (secondary N) is 2. The SMILES string of the molecule is COC(=O)[C@H]1C(=O)NC(SCC(=O)Nc2ccc(OC)cc2)=C(C#N)[C@@H]1c1ccccc1OC. The fourth-order valence-electron chi connectivity index (χ4n) is 3.59. The third-order valence-electron chi connectivity index (χ3n) is 5.18. The highest BCUT2D eigenvalue weighted by Crippen LogP contribution is 2.43. The molecule has 2 aromatic rings. The molecule has 0 saturated heterocycles. The Bertz CT molecular complexity index is 1160. The monoisotopic (exact) mass is 481 g/mol. The van der Waals surface area contributed by atoms with Crippen LogP contribution < -0.4 is 20.1 Å². The van der Waals surface area contributed by atoms with Crippen LogP contribution in [-0.2, 0) is 19.1 Å². The fraction of sp³-hybridized carbons (Fsp3) is 0.250. The number of methoxy groups -OCH3 is 3. The lowest BCUT2D eigenvalue weighted by atomic mass is 9.78. The Labute approximate surface area is 201 Å². The number of hydrogen-bond acceptors (Lipinski definition) is 8. The van der Waals surface area contributed by atoms with Gasteiger partial charge >= 0.3 is 5.97 Å². The summed E-state index contributed by atoms with van der Waals surface area (Å²) in [5.74, 6) is -2.95. The molecule has 2 N–H and O–H groups in total. The number of carbonyl (C=O) groups excluding carboxylic acids is 3. The average Bonchev–Trinajstić information content (AvgIpc) is 2.86. The van der Waals surface area contributed by atoms with E-state index in [0.717, 1.165) is 11.8 Å². The number of benzene rings is 2. The van der Waals surface area contributed by atoms with E-state index < -0.39 is 23.7 Å². The molecule has 0 aromatic heterocycles. The smallest absolute Gasteiger partial charge is 0.319 e. The van der Waals surface area contributed by atoms with Gasteiger partial charge in [0.2, 0.25) is 11.8 Å². The summed E-state index contributed by atoms with van der Waals surface area (Å²) in [7, 11) is 4.19. The van der Waals surface area contributed by atoms with Gasteiger partial charge in [0.25, 0.3) is 0 Å². The van der Waals surface area contributed by atoms with Crippen LogP contribution in [0.1, 0.15) is 11.5 Å². The second-order valence-electron chi connectivity index (χ2n) is 7.13. The quantitative estimate of drug-likeness (QED) is 0.435. The molecule has 1 aliphatic heterocycles. The van der Waals surface area contributed by atoms with E-state index >= 15 is 0 Å². The van der Waals surface area contributed by atoms with E-state index in [1.54, 1.807) is 55.6 Å². The summed E-state index contributed by atoms with van der Waals surface area (Å²) in [5, 5.41) is 15.5. The number of nitriles is 1. The second-order valence-corrected chi connectivity index (χ2v) is 8.12. The maximum atomic E-state index is 12.9. The number of para-hydroxylation sites is 1. The molecule has 10 heteroatoms. The number of thioether (sulfide) groups is 1. The third kappa shape index (κ3) is 5.32. The Morgan fingerprint density at radius 2 is 1.79 bits per heavy atom.